The highest BCUT2D eigenvalue weighted by molar-refractivity contribution is 5.31. The summed E-state index contributed by atoms with van der Waals surface area (Å²) in [6, 6.07) is 1.23. The van der Waals surface area contributed by atoms with Crippen LogP contribution in [0.3, 0.4) is 0 Å². The Labute approximate surface area is 116 Å². The van der Waals surface area contributed by atoms with Gasteiger partial charge >= 0.3 is 0 Å². The molecule has 1 aromatic heterocycles. The van der Waals surface area contributed by atoms with Crippen LogP contribution in [0.2, 0.25) is 0 Å². The van der Waals surface area contributed by atoms with E-state index in [1.165, 1.54) is 45.1 Å². The minimum atomic E-state index is 0.587. The molecular weight excluding hydrogens is 236 g/mol. The van der Waals surface area contributed by atoms with Gasteiger partial charge in [-0.15, -0.1) is 0 Å². The van der Waals surface area contributed by atoms with Crippen molar-refractivity contribution in [1.82, 2.24) is 14.5 Å². The van der Waals surface area contributed by atoms with Crippen molar-refractivity contribution in [2.75, 3.05) is 25.5 Å². The molecule has 4 nitrogen and oxygen atoms in total. The maximum absolute atomic E-state index is 4.71. The fraction of sp³-hybridized carbons (Fsp3) is 0.800. The van der Waals surface area contributed by atoms with E-state index in [2.05, 4.69) is 35.0 Å². The molecule has 19 heavy (non-hydrogen) atoms. The van der Waals surface area contributed by atoms with Crippen molar-refractivity contribution in [2.45, 2.75) is 57.5 Å². The molecule has 1 unspecified atom stereocenters. The van der Waals surface area contributed by atoms with E-state index in [0.29, 0.717) is 12.1 Å². The molecule has 1 aromatic rings. The van der Waals surface area contributed by atoms with E-state index in [4.69, 9.17) is 4.98 Å². The molecule has 1 atom stereocenters. The van der Waals surface area contributed by atoms with Gasteiger partial charge in [-0.25, -0.2) is 4.98 Å². The first-order chi connectivity index (χ1) is 9.22. The van der Waals surface area contributed by atoms with E-state index in [-0.39, 0.29) is 0 Å². The van der Waals surface area contributed by atoms with Crippen molar-refractivity contribution in [3.05, 3.63) is 11.9 Å². The quantitative estimate of drug-likeness (QED) is 0.909. The fourth-order valence-corrected chi connectivity index (χ4v) is 3.52. The van der Waals surface area contributed by atoms with Gasteiger partial charge in [0.05, 0.1) is 5.69 Å². The zero-order chi connectivity index (χ0) is 13.2. The lowest BCUT2D eigenvalue weighted by Crippen LogP contribution is -2.34. The number of likely N-dealkylation sites (N-methyl/N-ethyl adjacent to an activating group) is 1. The van der Waals surface area contributed by atoms with Crippen LogP contribution in [0.4, 0.5) is 5.95 Å². The van der Waals surface area contributed by atoms with Crippen molar-refractivity contribution in [1.29, 1.82) is 0 Å². The Balaban J connectivity index is 1.75. The maximum atomic E-state index is 4.71. The number of imidazole rings is 1. The summed E-state index contributed by atoms with van der Waals surface area (Å²) in [5.41, 5.74) is 1.13. The molecular formula is C15H26N4. The number of likely N-dealkylation sites (tertiary alicyclic amines) is 1. The summed E-state index contributed by atoms with van der Waals surface area (Å²) in [7, 11) is 2.22. The molecule has 1 saturated carbocycles. The molecule has 1 aliphatic carbocycles. The summed E-state index contributed by atoms with van der Waals surface area (Å²) < 4.78 is 2.39. The monoisotopic (exact) mass is 262 g/mol. The van der Waals surface area contributed by atoms with Crippen LogP contribution >= 0.6 is 0 Å². The summed E-state index contributed by atoms with van der Waals surface area (Å²) >= 11 is 0. The lowest BCUT2D eigenvalue weighted by Gasteiger charge is -2.31. The van der Waals surface area contributed by atoms with E-state index < -0.39 is 0 Å². The van der Waals surface area contributed by atoms with Gasteiger partial charge < -0.3 is 14.8 Å². The van der Waals surface area contributed by atoms with Crippen LogP contribution in [0.1, 0.15) is 50.3 Å². The molecule has 3 rings (SSSR count). The number of aryl methyl sites for hydroxylation is 1. The Morgan fingerprint density at radius 2 is 2.00 bits per heavy atom. The summed E-state index contributed by atoms with van der Waals surface area (Å²) in [4.78, 5) is 7.14. The smallest absolute Gasteiger partial charge is 0.203 e. The first kappa shape index (κ1) is 13.0. The van der Waals surface area contributed by atoms with Gasteiger partial charge in [0, 0.05) is 24.8 Å². The van der Waals surface area contributed by atoms with Crippen molar-refractivity contribution in [3.8, 4) is 0 Å². The van der Waals surface area contributed by atoms with Crippen LogP contribution in [0.15, 0.2) is 6.20 Å². The second kappa shape index (κ2) is 5.53. The van der Waals surface area contributed by atoms with Crippen LogP contribution < -0.4 is 5.32 Å². The van der Waals surface area contributed by atoms with Crippen molar-refractivity contribution >= 4 is 5.95 Å². The lowest BCUT2D eigenvalue weighted by atomic mass is 10.1. The van der Waals surface area contributed by atoms with Crippen LogP contribution in [0.5, 0.6) is 0 Å². The minimum Gasteiger partial charge on any atom is -0.353 e. The number of anilines is 1. The average Bonchev–Trinajstić information content (AvgIpc) is 3.00. The highest BCUT2D eigenvalue weighted by Gasteiger charge is 2.23. The first-order valence-corrected chi connectivity index (χ1v) is 7.73. The Morgan fingerprint density at radius 1 is 1.21 bits per heavy atom. The number of hydrogen-bond donors (Lipinski definition) is 1. The third-order valence-electron chi connectivity index (χ3n) is 4.53. The van der Waals surface area contributed by atoms with Crippen molar-refractivity contribution in [2.24, 2.45) is 0 Å². The predicted octanol–water partition coefficient (Wildman–Crippen LogP) is 2.81. The molecule has 0 aromatic carbocycles. The van der Waals surface area contributed by atoms with Gasteiger partial charge in [-0.2, -0.15) is 0 Å². The van der Waals surface area contributed by atoms with E-state index in [1.807, 2.05) is 0 Å². The number of nitrogens with zero attached hydrogens (tertiary/aromatic N) is 3. The molecule has 1 N–H and O–H groups in total. The third-order valence-corrected chi connectivity index (χ3v) is 4.53. The standard InChI is InChI=1S/C15H26N4/c1-12-10-19(14-8-5-9-18(2)11-14)15(16-12)17-13-6-3-4-7-13/h10,13-14H,3-9,11H2,1-2H3,(H,16,17). The topological polar surface area (TPSA) is 33.1 Å². The second-order valence-electron chi connectivity index (χ2n) is 6.30. The molecule has 106 valence electrons. The van der Waals surface area contributed by atoms with Crippen molar-refractivity contribution < 1.29 is 0 Å². The number of hydrogen-bond acceptors (Lipinski definition) is 3. The normalized spacial score (nSPS) is 25.9. The van der Waals surface area contributed by atoms with Gasteiger partial charge in [0.2, 0.25) is 5.95 Å². The van der Waals surface area contributed by atoms with Gasteiger partial charge in [0.1, 0.15) is 0 Å². The van der Waals surface area contributed by atoms with Gasteiger partial charge in [-0.05, 0) is 46.2 Å². The van der Waals surface area contributed by atoms with Crippen LogP contribution in [-0.2, 0) is 0 Å². The van der Waals surface area contributed by atoms with Crippen LogP contribution in [0, 0.1) is 6.92 Å². The first-order valence-electron chi connectivity index (χ1n) is 7.73. The molecule has 0 spiro atoms. The summed E-state index contributed by atoms with van der Waals surface area (Å²) in [5, 5.41) is 3.68. The summed E-state index contributed by atoms with van der Waals surface area (Å²) in [5.74, 6) is 1.10. The molecule has 2 fully saturated rings. The Kier molecular flexibility index (Phi) is 3.78. The summed E-state index contributed by atoms with van der Waals surface area (Å²) in [6.07, 6.45) is 10.1. The number of aromatic nitrogens is 2. The van der Waals surface area contributed by atoms with Gasteiger partial charge in [-0.1, -0.05) is 12.8 Å². The lowest BCUT2D eigenvalue weighted by molar-refractivity contribution is 0.213. The summed E-state index contributed by atoms with van der Waals surface area (Å²) in [6.45, 7) is 4.48. The van der Waals surface area contributed by atoms with Crippen LogP contribution in [-0.4, -0.2) is 40.6 Å². The highest BCUT2D eigenvalue weighted by atomic mass is 15.3. The maximum Gasteiger partial charge on any atom is 0.203 e. The van der Waals surface area contributed by atoms with E-state index in [1.54, 1.807) is 0 Å². The fourth-order valence-electron chi connectivity index (χ4n) is 3.52. The molecule has 2 heterocycles. The zero-order valence-electron chi connectivity index (χ0n) is 12.2. The Bertz CT molecular complexity index is 420. The Morgan fingerprint density at radius 3 is 2.74 bits per heavy atom. The van der Waals surface area contributed by atoms with Crippen LogP contribution in [0.25, 0.3) is 0 Å². The molecule has 0 amide bonds. The minimum absolute atomic E-state index is 0.587. The zero-order valence-corrected chi connectivity index (χ0v) is 12.2. The molecule has 1 aliphatic heterocycles. The van der Waals surface area contributed by atoms with E-state index in [0.717, 1.165) is 18.2 Å². The molecule has 2 aliphatic rings. The van der Waals surface area contributed by atoms with E-state index in [9.17, 15) is 0 Å². The van der Waals surface area contributed by atoms with Gasteiger partial charge in [0.15, 0.2) is 0 Å². The van der Waals surface area contributed by atoms with Gasteiger partial charge in [-0.3, -0.25) is 0 Å². The SMILES string of the molecule is Cc1cn(C2CCCN(C)C2)c(NC2CCCC2)n1. The molecule has 0 bridgehead atoms. The number of nitrogens with one attached hydrogen (secondary N) is 1. The van der Waals surface area contributed by atoms with Gasteiger partial charge in [0.25, 0.3) is 0 Å². The van der Waals surface area contributed by atoms with Crippen molar-refractivity contribution in [3.63, 3.8) is 0 Å². The molecule has 0 radical (unpaired) electrons. The molecule has 1 saturated heterocycles. The predicted molar refractivity (Wildman–Crippen MR) is 78.6 cm³/mol. The molecule has 4 heteroatoms. The number of piperidine rings is 1. The average molecular weight is 262 g/mol. The Hall–Kier alpha value is -1.03. The second-order valence-corrected chi connectivity index (χ2v) is 6.30. The van der Waals surface area contributed by atoms with E-state index >= 15 is 0 Å². The highest BCUT2D eigenvalue weighted by Crippen LogP contribution is 2.27. The number of rotatable bonds is 3. The third kappa shape index (κ3) is 2.94. The largest absolute Gasteiger partial charge is 0.353 e.